The molecule has 1 aliphatic heterocycles. The summed E-state index contributed by atoms with van der Waals surface area (Å²) < 4.78 is 0. The van der Waals surface area contributed by atoms with Crippen LogP contribution in [-0.4, -0.2) is 24.3 Å². The van der Waals surface area contributed by atoms with Crippen LogP contribution >= 0.6 is 0 Å². The van der Waals surface area contributed by atoms with Crippen LogP contribution in [0, 0.1) is 11.8 Å². The summed E-state index contributed by atoms with van der Waals surface area (Å²) in [7, 11) is 0. The molecule has 0 atom stereocenters. The summed E-state index contributed by atoms with van der Waals surface area (Å²) in [6, 6.07) is 0. The van der Waals surface area contributed by atoms with Gasteiger partial charge in [0, 0.05) is 0 Å². The van der Waals surface area contributed by atoms with Gasteiger partial charge in [-0.15, -0.1) is 0 Å². The summed E-state index contributed by atoms with van der Waals surface area (Å²) in [4.78, 5) is 0. The van der Waals surface area contributed by atoms with Gasteiger partial charge in [0.25, 0.3) is 0 Å². The SMILES string of the molecule is OC1CCC(CC2CCNCC2)CC1. The van der Waals surface area contributed by atoms with Crippen molar-refractivity contribution in [2.75, 3.05) is 13.1 Å². The number of hydrogen-bond donors (Lipinski definition) is 2. The molecule has 0 spiro atoms. The molecule has 2 rings (SSSR count). The summed E-state index contributed by atoms with van der Waals surface area (Å²) in [6.07, 6.45) is 8.83. The van der Waals surface area contributed by atoms with E-state index in [1.54, 1.807) is 0 Å². The lowest BCUT2D eigenvalue weighted by molar-refractivity contribution is 0.0991. The lowest BCUT2D eigenvalue weighted by Gasteiger charge is -2.30. The summed E-state index contributed by atoms with van der Waals surface area (Å²) in [5.41, 5.74) is 0. The molecule has 82 valence electrons. The van der Waals surface area contributed by atoms with Crippen LogP contribution in [0.2, 0.25) is 0 Å². The smallest absolute Gasteiger partial charge is 0.0540 e. The summed E-state index contributed by atoms with van der Waals surface area (Å²) in [5, 5.41) is 12.8. The molecule has 0 unspecified atom stereocenters. The Morgan fingerprint density at radius 2 is 1.43 bits per heavy atom. The molecule has 0 aromatic rings. The zero-order valence-corrected chi connectivity index (χ0v) is 9.04. The normalized spacial score (nSPS) is 35.8. The molecule has 0 bridgehead atoms. The zero-order chi connectivity index (χ0) is 9.80. The van der Waals surface area contributed by atoms with Crippen molar-refractivity contribution in [3.05, 3.63) is 0 Å². The van der Waals surface area contributed by atoms with Crippen LogP contribution in [0.1, 0.15) is 44.9 Å². The van der Waals surface area contributed by atoms with Gasteiger partial charge in [-0.2, -0.15) is 0 Å². The Morgan fingerprint density at radius 1 is 0.857 bits per heavy atom. The van der Waals surface area contributed by atoms with Crippen molar-refractivity contribution in [1.82, 2.24) is 5.32 Å². The predicted molar refractivity (Wildman–Crippen MR) is 58.2 cm³/mol. The van der Waals surface area contributed by atoms with E-state index >= 15 is 0 Å². The molecule has 2 fully saturated rings. The highest BCUT2D eigenvalue weighted by atomic mass is 16.3. The molecule has 0 radical (unpaired) electrons. The van der Waals surface area contributed by atoms with Gasteiger partial charge in [0.1, 0.15) is 0 Å². The van der Waals surface area contributed by atoms with Crippen molar-refractivity contribution in [2.45, 2.75) is 51.0 Å². The third kappa shape index (κ3) is 2.96. The zero-order valence-electron chi connectivity index (χ0n) is 9.04. The van der Waals surface area contributed by atoms with E-state index in [9.17, 15) is 5.11 Å². The number of aliphatic hydroxyl groups is 1. The van der Waals surface area contributed by atoms with Gasteiger partial charge in [-0.25, -0.2) is 0 Å². The minimum atomic E-state index is 0.0132. The van der Waals surface area contributed by atoms with E-state index in [2.05, 4.69) is 5.32 Å². The summed E-state index contributed by atoms with van der Waals surface area (Å²) in [5.74, 6) is 1.89. The highest BCUT2D eigenvalue weighted by molar-refractivity contribution is 4.76. The maximum Gasteiger partial charge on any atom is 0.0540 e. The molecule has 1 saturated carbocycles. The van der Waals surface area contributed by atoms with Gasteiger partial charge in [-0.3, -0.25) is 0 Å². The minimum Gasteiger partial charge on any atom is -0.393 e. The average Bonchev–Trinajstić information content (AvgIpc) is 2.23. The van der Waals surface area contributed by atoms with Gasteiger partial charge < -0.3 is 10.4 Å². The van der Waals surface area contributed by atoms with E-state index in [1.807, 2.05) is 0 Å². The maximum atomic E-state index is 9.42. The summed E-state index contributed by atoms with van der Waals surface area (Å²) in [6.45, 7) is 2.44. The van der Waals surface area contributed by atoms with Crippen LogP contribution in [0.15, 0.2) is 0 Å². The van der Waals surface area contributed by atoms with E-state index in [1.165, 1.54) is 45.2 Å². The molecular formula is C12H23NO. The second kappa shape index (κ2) is 5.13. The quantitative estimate of drug-likeness (QED) is 0.709. The van der Waals surface area contributed by atoms with Crippen LogP contribution in [0.3, 0.4) is 0 Å². The standard InChI is InChI=1S/C12H23NO/c14-12-3-1-10(2-4-12)9-11-5-7-13-8-6-11/h10-14H,1-9H2. The molecule has 2 heteroatoms. The molecule has 1 heterocycles. The first-order valence-corrected chi connectivity index (χ1v) is 6.23. The van der Waals surface area contributed by atoms with Crippen molar-refractivity contribution in [3.63, 3.8) is 0 Å². The van der Waals surface area contributed by atoms with Gasteiger partial charge in [-0.1, -0.05) is 0 Å². The van der Waals surface area contributed by atoms with Crippen molar-refractivity contribution < 1.29 is 5.11 Å². The Bertz CT molecular complexity index is 158. The van der Waals surface area contributed by atoms with E-state index in [-0.39, 0.29) is 6.10 Å². The fourth-order valence-electron chi connectivity index (χ4n) is 2.97. The van der Waals surface area contributed by atoms with E-state index in [0.717, 1.165) is 24.7 Å². The average molecular weight is 197 g/mol. The van der Waals surface area contributed by atoms with Crippen molar-refractivity contribution in [3.8, 4) is 0 Å². The van der Waals surface area contributed by atoms with E-state index in [0.29, 0.717) is 0 Å². The lowest BCUT2D eigenvalue weighted by Crippen LogP contribution is -2.29. The molecule has 2 nitrogen and oxygen atoms in total. The molecule has 0 amide bonds. The van der Waals surface area contributed by atoms with E-state index < -0.39 is 0 Å². The molecule has 2 aliphatic rings. The Kier molecular flexibility index (Phi) is 3.82. The molecule has 0 aromatic carbocycles. The topological polar surface area (TPSA) is 32.3 Å². The number of hydrogen-bond acceptors (Lipinski definition) is 2. The Labute approximate surface area is 87.1 Å². The fraction of sp³-hybridized carbons (Fsp3) is 1.00. The van der Waals surface area contributed by atoms with Gasteiger partial charge in [0.2, 0.25) is 0 Å². The van der Waals surface area contributed by atoms with Gasteiger partial charge in [0.15, 0.2) is 0 Å². The number of nitrogens with one attached hydrogen (secondary N) is 1. The van der Waals surface area contributed by atoms with Crippen molar-refractivity contribution in [2.24, 2.45) is 11.8 Å². The molecule has 1 saturated heterocycles. The number of piperidine rings is 1. The highest BCUT2D eigenvalue weighted by Gasteiger charge is 2.23. The molecule has 0 aromatic heterocycles. The van der Waals surface area contributed by atoms with Gasteiger partial charge >= 0.3 is 0 Å². The van der Waals surface area contributed by atoms with Gasteiger partial charge in [-0.05, 0) is 69.9 Å². The van der Waals surface area contributed by atoms with Crippen LogP contribution in [-0.2, 0) is 0 Å². The van der Waals surface area contributed by atoms with Crippen LogP contribution in [0.4, 0.5) is 0 Å². The fourth-order valence-corrected chi connectivity index (χ4v) is 2.97. The molecule has 1 aliphatic carbocycles. The second-order valence-corrected chi connectivity index (χ2v) is 5.10. The lowest BCUT2D eigenvalue weighted by atomic mass is 9.79. The van der Waals surface area contributed by atoms with Crippen molar-refractivity contribution in [1.29, 1.82) is 0 Å². The van der Waals surface area contributed by atoms with Crippen LogP contribution in [0.5, 0.6) is 0 Å². The third-order valence-corrected chi connectivity index (χ3v) is 3.94. The molecular weight excluding hydrogens is 174 g/mol. The number of rotatable bonds is 2. The maximum absolute atomic E-state index is 9.42. The second-order valence-electron chi connectivity index (χ2n) is 5.10. The molecule has 14 heavy (non-hydrogen) atoms. The largest absolute Gasteiger partial charge is 0.393 e. The van der Waals surface area contributed by atoms with Crippen LogP contribution in [0.25, 0.3) is 0 Å². The summed E-state index contributed by atoms with van der Waals surface area (Å²) >= 11 is 0. The first-order chi connectivity index (χ1) is 6.84. The number of aliphatic hydroxyl groups excluding tert-OH is 1. The Hall–Kier alpha value is -0.0800. The minimum absolute atomic E-state index is 0.0132. The monoisotopic (exact) mass is 197 g/mol. The van der Waals surface area contributed by atoms with Crippen LogP contribution < -0.4 is 5.32 Å². The third-order valence-electron chi connectivity index (χ3n) is 3.94. The predicted octanol–water partition coefficient (Wildman–Crippen LogP) is 1.93. The Morgan fingerprint density at radius 3 is 2.07 bits per heavy atom. The van der Waals surface area contributed by atoms with Crippen molar-refractivity contribution >= 4 is 0 Å². The van der Waals surface area contributed by atoms with Gasteiger partial charge in [0.05, 0.1) is 6.10 Å². The molecule has 2 N–H and O–H groups in total. The first-order valence-electron chi connectivity index (χ1n) is 6.23. The Balaban J connectivity index is 1.68. The van der Waals surface area contributed by atoms with E-state index in [4.69, 9.17) is 0 Å². The highest BCUT2D eigenvalue weighted by Crippen LogP contribution is 2.31. The first kappa shape index (κ1) is 10.4.